The van der Waals surface area contributed by atoms with Crippen LogP contribution >= 0.6 is 11.3 Å². The number of hydrogen-bond acceptors (Lipinski definition) is 5. The number of hydrogen-bond donors (Lipinski definition) is 2. The Morgan fingerprint density at radius 1 is 1.03 bits per heavy atom. The zero-order valence-electron chi connectivity index (χ0n) is 16.7. The van der Waals surface area contributed by atoms with E-state index in [0.29, 0.717) is 31.7 Å². The van der Waals surface area contributed by atoms with Crippen LogP contribution in [0.1, 0.15) is 15.9 Å². The second-order valence-corrected chi connectivity index (χ2v) is 7.71. The van der Waals surface area contributed by atoms with Crippen molar-refractivity contribution in [2.75, 3.05) is 52.9 Å². The molecule has 3 amide bonds. The van der Waals surface area contributed by atoms with E-state index < -0.39 is 0 Å². The third-order valence-electron chi connectivity index (χ3n) is 5.01. The second kappa shape index (κ2) is 10.8. The van der Waals surface area contributed by atoms with E-state index in [2.05, 4.69) is 15.5 Å². The number of carbonyl (C=O) groups excluding carboxylic acids is 2. The quantitative estimate of drug-likeness (QED) is 0.691. The lowest BCUT2D eigenvalue weighted by molar-refractivity contribution is 0.0942. The van der Waals surface area contributed by atoms with Crippen LogP contribution in [0.15, 0.2) is 41.1 Å². The van der Waals surface area contributed by atoms with Crippen molar-refractivity contribution in [3.63, 3.8) is 0 Å². The summed E-state index contributed by atoms with van der Waals surface area (Å²) in [4.78, 5) is 28.4. The molecular formula is C21H28N4O3S. The summed E-state index contributed by atoms with van der Waals surface area (Å²) in [5.74, 6) is 0.808. The number of methoxy groups -OCH3 is 1. The molecule has 8 heteroatoms. The van der Waals surface area contributed by atoms with Gasteiger partial charge in [0.25, 0.3) is 5.91 Å². The molecule has 1 aliphatic rings. The van der Waals surface area contributed by atoms with Crippen LogP contribution in [-0.4, -0.2) is 74.7 Å². The van der Waals surface area contributed by atoms with Gasteiger partial charge in [-0.3, -0.25) is 9.69 Å². The first-order chi connectivity index (χ1) is 14.2. The molecule has 3 rings (SSSR count). The van der Waals surface area contributed by atoms with Gasteiger partial charge in [0.15, 0.2) is 0 Å². The monoisotopic (exact) mass is 416 g/mol. The largest absolute Gasteiger partial charge is 0.497 e. The van der Waals surface area contributed by atoms with Crippen molar-refractivity contribution >= 4 is 23.3 Å². The number of piperazine rings is 1. The lowest BCUT2D eigenvalue weighted by Gasteiger charge is -2.34. The molecule has 0 atom stereocenters. The number of amides is 3. The Kier molecular flexibility index (Phi) is 7.89. The SMILES string of the molecule is COc1ccc(CCNC(=O)N2CCN(CCNC(=O)c3ccsc3)CC2)cc1. The van der Waals surface area contributed by atoms with Crippen LogP contribution in [0.25, 0.3) is 0 Å². The van der Waals surface area contributed by atoms with E-state index in [-0.39, 0.29) is 11.9 Å². The molecular weight excluding hydrogens is 388 g/mol. The molecule has 1 saturated heterocycles. The maximum Gasteiger partial charge on any atom is 0.317 e. The van der Waals surface area contributed by atoms with Crippen LogP contribution in [-0.2, 0) is 6.42 Å². The number of rotatable bonds is 8. The molecule has 7 nitrogen and oxygen atoms in total. The molecule has 2 N–H and O–H groups in total. The maximum atomic E-state index is 12.4. The summed E-state index contributed by atoms with van der Waals surface area (Å²) in [6, 6.07) is 9.70. The van der Waals surface area contributed by atoms with Gasteiger partial charge in [0.2, 0.25) is 0 Å². The van der Waals surface area contributed by atoms with Gasteiger partial charge in [-0.15, -0.1) is 0 Å². The van der Waals surface area contributed by atoms with Crippen molar-refractivity contribution < 1.29 is 14.3 Å². The Morgan fingerprint density at radius 3 is 2.45 bits per heavy atom. The summed E-state index contributed by atoms with van der Waals surface area (Å²) in [5, 5.41) is 9.69. The highest BCUT2D eigenvalue weighted by Gasteiger charge is 2.20. The van der Waals surface area contributed by atoms with E-state index in [4.69, 9.17) is 4.74 Å². The van der Waals surface area contributed by atoms with Gasteiger partial charge in [0.05, 0.1) is 7.11 Å². The van der Waals surface area contributed by atoms with E-state index in [1.807, 2.05) is 46.0 Å². The number of ether oxygens (including phenoxy) is 1. The fraction of sp³-hybridized carbons (Fsp3) is 0.429. The van der Waals surface area contributed by atoms with Gasteiger partial charge in [0, 0.05) is 56.8 Å². The third kappa shape index (κ3) is 6.47. The molecule has 1 aromatic carbocycles. The highest BCUT2D eigenvalue weighted by Crippen LogP contribution is 2.11. The van der Waals surface area contributed by atoms with Crippen LogP contribution < -0.4 is 15.4 Å². The zero-order valence-corrected chi connectivity index (χ0v) is 17.5. The van der Waals surface area contributed by atoms with E-state index >= 15 is 0 Å². The van der Waals surface area contributed by atoms with Gasteiger partial charge in [-0.2, -0.15) is 11.3 Å². The molecule has 1 aromatic heterocycles. The normalized spacial score (nSPS) is 14.4. The van der Waals surface area contributed by atoms with Gasteiger partial charge in [0.1, 0.15) is 5.75 Å². The summed E-state index contributed by atoms with van der Waals surface area (Å²) in [6.07, 6.45) is 0.791. The number of benzene rings is 1. The van der Waals surface area contributed by atoms with Crippen LogP contribution in [0.2, 0.25) is 0 Å². The Balaban J connectivity index is 1.29. The first-order valence-corrected chi connectivity index (χ1v) is 10.8. The Bertz CT molecular complexity index is 772. The Hall–Kier alpha value is -2.58. The lowest BCUT2D eigenvalue weighted by atomic mass is 10.1. The van der Waals surface area contributed by atoms with E-state index in [0.717, 1.165) is 31.8 Å². The molecule has 1 aliphatic heterocycles. The van der Waals surface area contributed by atoms with Crippen molar-refractivity contribution in [2.24, 2.45) is 0 Å². The molecule has 156 valence electrons. The molecule has 0 unspecified atom stereocenters. The fourth-order valence-electron chi connectivity index (χ4n) is 3.22. The molecule has 0 bridgehead atoms. The Morgan fingerprint density at radius 2 is 1.79 bits per heavy atom. The molecule has 2 aromatic rings. The minimum atomic E-state index is -0.0267. The van der Waals surface area contributed by atoms with Crippen molar-refractivity contribution in [3.8, 4) is 5.75 Å². The van der Waals surface area contributed by atoms with Crippen molar-refractivity contribution in [1.82, 2.24) is 20.4 Å². The summed E-state index contributed by atoms with van der Waals surface area (Å²) < 4.78 is 5.15. The molecule has 0 saturated carbocycles. The summed E-state index contributed by atoms with van der Waals surface area (Å²) >= 11 is 1.52. The number of nitrogens with one attached hydrogen (secondary N) is 2. The molecule has 1 fully saturated rings. The molecule has 0 radical (unpaired) electrons. The minimum Gasteiger partial charge on any atom is -0.497 e. The summed E-state index contributed by atoms with van der Waals surface area (Å²) in [6.45, 7) is 5.06. The van der Waals surface area contributed by atoms with E-state index in [1.54, 1.807) is 7.11 Å². The van der Waals surface area contributed by atoms with Gasteiger partial charge in [-0.1, -0.05) is 12.1 Å². The highest BCUT2D eigenvalue weighted by molar-refractivity contribution is 7.08. The van der Waals surface area contributed by atoms with Crippen molar-refractivity contribution in [2.45, 2.75) is 6.42 Å². The smallest absolute Gasteiger partial charge is 0.317 e. The standard InChI is InChI=1S/C21H28N4O3S/c1-28-19-4-2-17(3-5-19)6-8-23-21(27)25-13-11-24(12-14-25)10-9-22-20(26)18-7-15-29-16-18/h2-5,7,15-16H,6,8-14H2,1H3,(H,22,26)(H,23,27). The lowest BCUT2D eigenvalue weighted by Crippen LogP contribution is -2.53. The van der Waals surface area contributed by atoms with Crippen LogP contribution in [0.3, 0.4) is 0 Å². The van der Waals surface area contributed by atoms with Crippen LogP contribution in [0.4, 0.5) is 4.79 Å². The van der Waals surface area contributed by atoms with Crippen LogP contribution in [0.5, 0.6) is 5.75 Å². The average molecular weight is 417 g/mol. The summed E-state index contributed by atoms with van der Waals surface area (Å²) in [5.41, 5.74) is 1.88. The molecule has 2 heterocycles. The molecule has 0 aliphatic carbocycles. The Labute approximate surface area is 175 Å². The predicted molar refractivity (Wildman–Crippen MR) is 115 cm³/mol. The van der Waals surface area contributed by atoms with E-state index in [1.165, 1.54) is 16.9 Å². The second-order valence-electron chi connectivity index (χ2n) is 6.93. The first kappa shape index (κ1) is 21.1. The van der Waals surface area contributed by atoms with E-state index in [9.17, 15) is 9.59 Å². The number of urea groups is 1. The van der Waals surface area contributed by atoms with Gasteiger partial charge >= 0.3 is 6.03 Å². The average Bonchev–Trinajstić information content (AvgIpc) is 3.30. The summed E-state index contributed by atoms with van der Waals surface area (Å²) in [7, 11) is 1.65. The first-order valence-electron chi connectivity index (χ1n) is 9.84. The third-order valence-corrected chi connectivity index (χ3v) is 5.69. The number of thiophene rings is 1. The predicted octanol–water partition coefficient (Wildman–Crippen LogP) is 2.06. The molecule has 0 spiro atoms. The zero-order chi connectivity index (χ0) is 20.5. The van der Waals surface area contributed by atoms with Gasteiger partial charge in [-0.05, 0) is 35.6 Å². The molecule has 29 heavy (non-hydrogen) atoms. The van der Waals surface area contributed by atoms with Crippen LogP contribution in [0, 0.1) is 0 Å². The van der Waals surface area contributed by atoms with Gasteiger partial charge in [-0.25, -0.2) is 4.79 Å². The minimum absolute atomic E-state index is 0.0103. The topological polar surface area (TPSA) is 73.9 Å². The fourth-order valence-corrected chi connectivity index (χ4v) is 3.85. The number of carbonyl (C=O) groups is 2. The van der Waals surface area contributed by atoms with Crippen molar-refractivity contribution in [1.29, 1.82) is 0 Å². The number of nitrogens with zero attached hydrogens (tertiary/aromatic N) is 2. The highest BCUT2D eigenvalue weighted by atomic mass is 32.1. The van der Waals surface area contributed by atoms with Crippen molar-refractivity contribution in [3.05, 3.63) is 52.2 Å². The maximum absolute atomic E-state index is 12.4. The van der Waals surface area contributed by atoms with Gasteiger partial charge < -0.3 is 20.3 Å².